The lowest BCUT2D eigenvalue weighted by Crippen LogP contribution is -2.42. The smallest absolute Gasteiger partial charge is 0.508 e. The molecule has 0 unspecified atom stereocenters. The molecule has 0 aliphatic rings. The van der Waals surface area contributed by atoms with E-state index >= 15 is 0 Å². The van der Waals surface area contributed by atoms with Gasteiger partial charge in [0.15, 0.2) is 0 Å². The average Bonchev–Trinajstić information content (AvgIpc) is 2.13. The summed E-state index contributed by atoms with van der Waals surface area (Å²) in [5.74, 6) is 0. The molecule has 0 heterocycles. The van der Waals surface area contributed by atoms with Gasteiger partial charge in [0.1, 0.15) is 0 Å². The predicted molar refractivity (Wildman–Crippen MR) is 50.8 cm³/mol. The molecule has 0 rings (SSSR count). The third-order valence-corrected chi connectivity index (χ3v) is 4.41. The van der Waals surface area contributed by atoms with Crippen molar-refractivity contribution < 1.29 is 13.3 Å². The Labute approximate surface area is 75.7 Å². The zero-order chi connectivity index (χ0) is 9.45. The first-order chi connectivity index (χ1) is 5.74. The first-order valence-corrected chi connectivity index (χ1v) is 6.07. The zero-order valence-electron chi connectivity index (χ0n) is 8.29. The van der Waals surface area contributed by atoms with Crippen LogP contribution in [0.15, 0.2) is 12.3 Å². The molecule has 0 aliphatic carbocycles. The summed E-state index contributed by atoms with van der Waals surface area (Å²) in [6.45, 7) is 3.98. The number of rotatable bonds is 6. The lowest BCUT2D eigenvalue weighted by Gasteiger charge is -2.24. The van der Waals surface area contributed by atoms with Crippen molar-refractivity contribution in [2.45, 2.75) is 26.3 Å². The summed E-state index contributed by atoms with van der Waals surface area (Å²) in [6, 6.07) is 0.852. The molecule has 0 aromatic rings. The summed E-state index contributed by atoms with van der Waals surface area (Å²) in [7, 11) is 0.916. The van der Waals surface area contributed by atoms with Crippen LogP contribution in [0.5, 0.6) is 0 Å². The van der Waals surface area contributed by atoms with Crippen LogP contribution in [-0.2, 0) is 13.3 Å². The molecule has 0 bridgehead atoms. The second-order valence-electron chi connectivity index (χ2n) is 2.43. The molecule has 3 nitrogen and oxygen atoms in total. The van der Waals surface area contributed by atoms with Crippen LogP contribution in [0, 0.1) is 0 Å². The van der Waals surface area contributed by atoms with Gasteiger partial charge in [0.05, 0.1) is 6.26 Å². The third-order valence-electron chi connectivity index (χ3n) is 1.56. The van der Waals surface area contributed by atoms with E-state index in [-0.39, 0.29) is 0 Å². The maximum atomic E-state index is 5.43. The van der Waals surface area contributed by atoms with Crippen molar-refractivity contribution in [3.05, 3.63) is 12.3 Å². The van der Waals surface area contributed by atoms with Crippen LogP contribution >= 0.6 is 0 Å². The molecule has 0 aromatic carbocycles. The molecule has 0 spiro atoms. The molecular weight excluding hydrogens is 172 g/mol. The van der Waals surface area contributed by atoms with E-state index < -0.39 is 8.80 Å². The number of hydrogen-bond donors (Lipinski definition) is 0. The highest BCUT2D eigenvalue weighted by Crippen LogP contribution is 2.15. The summed E-state index contributed by atoms with van der Waals surface area (Å²) in [5, 5.41) is 0. The Hall–Kier alpha value is -0.323. The largest absolute Gasteiger partial charge is 0.565 e. The predicted octanol–water partition coefficient (Wildman–Crippen LogP) is 2.18. The van der Waals surface area contributed by atoms with Gasteiger partial charge in [-0.05, 0) is 6.92 Å². The van der Waals surface area contributed by atoms with Crippen molar-refractivity contribution in [3.63, 3.8) is 0 Å². The van der Waals surface area contributed by atoms with Gasteiger partial charge in [-0.25, -0.2) is 0 Å². The summed E-state index contributed by atoms with van der Waals surface area (Å²) >= 11 is 0. The molecular formula is C8H18O3Si. The fourth-order valence-electron chi connectivity index (χ4n) is 0.921. The van der Waals surface area contributed by atoms with Crippen molar-refractivity contribution >= 4 is 8.80 Å². The Morgan fingerprint density at radius 1 is 1.25 bits per heavy atom. The lowest BCUT2D eigenvalue weighted by atomic mass is 10.6. The zero-order valence-corrected chi connectivity index (χ0v) is 9.29. The second kappa shape index (κ2) is 6.22. The number of hydrogen-bond acceptors (Lipinski definition) is 3. The maximum absolute atomic E-state index is 5.43. The highest BCUT2D eigenvalue weighted by atomic mass is 28.4. The summed E-state index contributed by atoms with van der Waals surface area (Å²) in [6.07, 6.45) is 4.47. The van der Waals surface area contributed by atoms with Gasteiger partial charge >= 0.3 is 8.80 Å². The van der Waals surface area contributed by atoms with Crippen molar-refractivity contribution in [2.24, 2.45) is 0 Å². The summed E-state index contributed by atoms with van der Waals surface area (Å²) in [5.41, 5.74) is 0. The van der Waals surface area contributed by atoms with Crippen LogP contribution in [0.25, 0.3) is 0 Å². The maximum Gasteiger partial charge on any atom is 0.565 e. The van der Waals surface area contributed by atoms with Crippen molar-refractivity contribution in [1.82, 2.24) is 0 Å². The Morgan fingerprint density at radius 3 is 2.17 bits per heavy atom. The summed E-state index contributed by atoms with van der Waals surface area (Å²) in [4.78, 5) is 0. The van der Waals surface area contributed by atoms with Gasteiger partial charge in [-0.15, -0.1) is 0 Å². The Balaban J connectivity index is 4.13. The number of allylic oxidation sites excluding steroid dienone is 1. The van der Waals surface area contributed by atoms with E-state index in [0.29, 0.717) is 0 Å². The minimum atomic E-state index is -2.35. The van der Waals surface area contributed by atoms with Crippen molar-refractivity contribution in [2.75, 3.05) is 14.2 Å². The monoisotopic (exact) mass is 190 g/mol. The van der Waals surface area contributed by atoms with E-state index in [0.717, 1.165) is 12.5 Å². The van der Waals surface area contributed by atoms with Crippen LogP contribution in [0.4, 0.5) is 0 Å². The molecule has 0 saturated carbocycles. The summed E-state index contributed by atoms with van der Waals surface area (Å²) < 4.78 is 16.0. The SMILES string of the molecule is CC=CO[Si](CCC)(OC)OC. The van der Waals surface area contributed by atoms with Crippen molar-refractivity contribution in [3.8, 4) is 0 Å². The van der Waals surface area contributed by atoms with E-state index in [4.69, 9.17) is 13.3 Å². The van der Waals surface area contributed by atoms with Crippen LogP contribution in [0.3, 0.4) is 0 Å². The topological polar surface area (TPSA) is 27.7 Å². The minimum absolute atomic E-state index is 0.852. The van der Waals surface area contributed by atoms with Gasteiger partial charge in [-0.1, -0.05) is 19.4 Å². The standard InChI is InChI=1S/C8H18O3Si/c1-5-7-11-12(9-3,10-4)8-6-2/h5,7H,6,8H2,1-4H3. The van der Waals surface area contributed by atoms with Gasteiger partial charge in [0, 0.05) is 20.3 Å². The molecule has 0 atom stereocenters. The van der Waals surface area contributed by atoms with Gasteiger partial charge in [-0.2, -0.15) is 0 Å². The van der Waals surface area contributed by atoms with Gasteiger partial charge in [0.2, 0.25) is 0 Å². The second-order valence-corrected chi connectivity index (χ2v) is 5.35. The molecule has 0 fully saturated rings. The Kier molecular flexibility index (Phi) is 6.05. The van der Waals surface area contributed by atoms with Crippen molar-refractivity contribution in [1.29, 1.82) is 0 Å². The first kappa shape index (κ1) is 11.7. The molecule has 0 aliphatic heterocycles. The van der Waals surface area contributed by atoms with Crippen LogP contribution in [0.1, 0.15) is 20.3 Å². The molecule has 0 N–H and O–H groups in total. The van der Waals surface area contributed by atoms with E-state index in [1.807, 2.05) is 13.0 Å². The molecule has 0 radical (unpaired) electrons. The fraction of sp³-hybridized carbons (Fsp3) is 0.750. The molecule has 12 heavy (non-hydrogen) atoms. The Morgan fingerprint density at radius 2 is 1.83 bits per heavy atom. The molecule has 0 amide bonds. The van der Waals surface area contributed by atoms with Crippen LogP contribution < -0.4 is 0 Å². The molecule has 0 saturated heterocycles. The van der Waals surface area contributed by atoms with E-state index in [2.05, 4.69) is 6.92 Å². The molecule has 4 heteroatoms. The minimum Gasteiger partial charge on any atom is -0.508 e. The molecule has 0 aromatic heterocycles. The third kappa shape index (κ3) is 3.38. The normalized spacial score (nSPS) is 12.3. The van der Waals surface area contributed by atoms with E-state index in [9.17, 15) is 0 Å². The average molecular weight is 190 g/mol. The van der Waals surface area contributed by atoms with E-state index in [1.54, 1.807) is 20.5 Å². The quantitative estimate of drug-likeness (QED) is 0.474. The highest BCUT2D eigenvalue weighted by Gasteiger charge is 2.38. The van der Waals surface area contributed by atoms with Gasteiger partial charge in [0.25, 0.3) is 0 Å². The first-order valence-electron chi connectivity index (χ1n) is 4.14. The van der Waals surface area contributed by atoms with Gasteiger partial charge < -0.3 is 13.3 Å². The Bertz CT molecular complexity index is 132. The highest BCUT2D eigenvalue weighted by molar-refractivity contribution is 6.60. The van der Waals surface area contributed by atoms with Gasteiger partial charge in [-0.3, -0.25) is 0 Å². The van der Waals surface area contributed by atoms with E-state index in [1.165, 1.54) is 0 Å². The lowest BCUT2D eigenvalue weighted by molar-refractivity contribution is 0.140. The van der Waals surface area contributed by atoms with Crippen LogP contribution in [0.2, 0.25) is 6.04 Å². The fourth-order valence-corrected chi connectivity index (χ4v) is 2.76. The van der Waals surface area contributed by atoms with Crippen LogP contribution in [-0.4, -0.2) is 23.0 Å². The molecule has 72 valence electrons.